The molecule has 0 aliphatic heterocycles. The number of aromatic nitrogens is 1. The molecule has 2 nitrogen and oxygen atoms in total. The molecule has 1 aliphatic carbocycles. The zero-order valence-corrected chi connectivity index (χ0v) is 33.8. The molecular weight excluding hydrogens is 701 g/mol. The van der Waals surface area contributed by atoms with Crippen molar-refractivity contribution < 1.29 is 0 Å². The average Bonchev–Trinajstić information content (AvgIpc) is 3.60. The summed E-state index contributed by atoms with van der Waals surface area (Å²) in [5.41, 5.74) is 17.6. The van der Waals surface area contributed by atoms with E-state index in [0.29, 0.717) is 0 Å². The molecule has 0 atom stereocenters. The van der Waals surface area contributed by atoms with Crippen LogP contribution in [0.4, 0.5) is 17.1 Å². The highest BCUT2D eigenvalue weighted by Gasteiger charge is 2.37. The van der Waals surface area contributed by atoms with Gasteiger partial charge in [-0.1, -0.05) is 161 Å². The lowest BCUT2D eigenvalue weighted by molar-refractivity contribution is 0.332. The fourth-order valence-corrected chi connectivity index (χ4v) is 9.26. The molecule has 58 heavy (non-hydrogen) atoms. The number of rotatable bonds is 7. The van der Waals surface area contributed by atoms with Crippen LogP contribution in [0.25, 0.3) is 60.9 Å². The molecule has 9 aromatic rings. The minimum atomic E-state index is 0.176. The summed E-state index contributed by atoms with van der Waals surface area (Å²) in [5, 5.41) is 2.46. The van der Waals surface area contributed by atoms with Crippen molar-refractivity contribution in [2.75, 3.05) is 4.90 Å². The van der Waals surface area contributed by atoms with Crippen molar-refractivity contribution in [1.82, 2.24) is 4.57 Å². The molecule has 1 heterocycles. The van der Waals surface area contributed by atoms with Crippen molar-refractivity contribution in [2.45, 2.75) is 51.4 Å². The number of para-hydroxylation sites is 1. The molecule has 10 rings (SSSR count). The van der Waals surface area contributed by atoms with Crippen LogP contribution in [-0.4, -0.2) is 4.57 Å². The number of anilines is 3. The van der Waals surface area contributed by atoms with E-state index in [4.69, 9.17) is 0 Å². The van der Waals surface area contributed by atoms with Crippen LogP contribution in [0, 0.1) is 0 Å². The first kappa shape index (κ1) is 35.8. The Balaban J connectivity index is 1.06. The highest BCUT2D eigenvalue weighted by molar-refractivity contribution is 6.10. The van der Waals surface area contributed by atoms with Gasteiger partial charge < -0.3 is 9.47 Å². The molecule has 0 N–H and O–H groups in total. The molecule has 8 aromatic carbocycles. The molecule has 0 radical (unpaired) electrons. The second kappa shape index (κ2) is 14.1. The zero-order valence-electron chi connectivity index (χ0n) is 33.8. The largest absolute Gasteiger partial charge is 0.310 e. The number of nitrogens with zero attached hydrogens (tertiary/aromatic N) is 2. The third-order valence-electron chi connectivity index (χ3n) is 12.7. The summed E-state index contributed by atoms with van der Waals surface area (Å²) in [6.45, 7) is 9.61. The van der Waals surface area contributed by atoms with Crippen molar-refractivity contribution in [2.24, 2.45) is 0 Å². The Labute approximate surface area is 342 Å². The van der Waals surface area contributed by atoms with E-state index in [2.05, 4.69) is 231 Å². The first-order valence-corrected chi connectivity index (χ1v) is 20.6. The molecule has 0 fully saturated rings. The van der Waals surface area contributed by atoms with E-state index in [9.17, 15) is 0 Å². The minimum Gasteiger partial charge on any atom is -0.310 e. The van der Waals surface area contributed by atoms with Gasteiger partial charge in [0, 0.05) is 33.5 Å². The Hall–Kier alpha value is -6.64. The maximum absolute atomic E-state index is 2.46. The normalized spacial score (nSPS) is 14.3. The van der Waals surface area contributed by atoms with Gasteiger partial charge in [-0.15, -0.1) is 0 Å². The predicted molar refractivity (Wildman–Crippen MR) is 247 cm³/mol. The maximum atomic E-state index is 2.46. The Morgan fingerprint density at radius 1 is 0.362 bits per heavy atom. The Bertz CT molecular complexity index is 2810. The molecule has 0 bridgehead atoms. The van der Waals surface area contributed by atoms with Gasteiger partial charge in [0.05, 0.1) is 11.0 Å². The second-order valence-corrected chi connectivity index (χ2v) is 17.3. The number of fused-ring (bicyclic) bond motifs is 4. The quantitative estimate of drug-likeness (QED) is 0.158. The molecule has 0 spiro atoms. The van der Waals surface area contributed by atoms with Gasteiger partial charge >= 0.3 is 0 Å². The molecule has 0 saturated heterocycles. The Kier molecular flexibility index (Phi) is 8.68. The molecule has 0 saturated carbocycles. The lowest BCUT2D eigenvalue weighted by Crippen LogP contribution is -2.33. The van der Waals surface area contributed by atoms with E-state index in [-0.39, 0.29) is 10.8 Å². The number of hydrogen-bond acceptors (Lipinski definition) is 1. The molecule has 0 amide bonds. The van der Waals surface area contributed by atoms with Gasteiger partial charge in [-0.25, -0.2) is 0 Å². The van der Waals surface area contributed by atoms with Crippen LogP contribution in [0.1, 0.15) is 51.7 Å². The zero-order chi connectivity index (χ0) is 39.4. The van der Waals surface area contributed by atoms with Crippen molar-refractivity contribution in [1.29, 1.82) is 0 Å². The van der Waals surface area contributed by atoms with Gasteiger partial charge in [-0.2, -0.15) is 0 Å². The first-order chi connectivity index (χ1) is 28.2. The summed E-state index contributed by atoms with van der Waals surface area (Å²) < 4.78 is 2.42. The van der Waals surface area contributed by atoms with Gasteiger partial charge in [-0.3, -0.25) is 0 Å². The predicted octanol–water partition coefficient (Wildman–Crippen LogP) is 15.6. The third-order valence-corrected chi connectivity index (χ3v) is 12.7. The van der Waals surface area contributed by atoms with E-state index in [1.165, 1.54) is 79.2 Å². The minimum absolute atomic E-state index is 0.176. The van der Waals surface area contributed by atoms with Crippen LogP contribution in [0.15, 0.2) is 194 Å². The summed E-state index contributed by atoms with van der Waals surface area (Å²) in [6, 6.07) is 71.2. The topological polar surface area (TPSA) is 8.17 Å². The lowest BCUT2D eigenvalue weighted by Gasteiger charge is -2.42. The van der Waals surface area contributed by atoms with Crippen molar-refractivity contribution >= 4 is 38.9 Å². The van der Waals surface area contributed by atoms with Crippen molar-refractivity contribution in [3.8, 4) is 39.1 Å². The van der Waals surface area contributed by atoms with Crippen LogP contribution in [0.3, 0.4) is 0 Å². The number of benzene rings is 8. The Morgan fingerprint density at radius 2 is 0.810 bits per heavy atom. The fraction of sp³-hybridized carbons (Fsp3) is 0.143. The standard InChI is InChI=1S/C56H48N2/c1-55(2)35-36-56(3,4)52-37-44(25-33-51(52)55)43-23-30-47(31-24-43)58-53-18-12-11-17-49(53)50-38-48(32-34-54(50)58)57(45-26-19-41(20-27-45)39-13-7-5-8-14-39)46-28-21-42(22-29-46)40-15-9-6-10-16-40/h5-34,37-38H,35-36H2,1-4H3. The fourth-order valence-electron chi connectivity index (χ4n) is 9.26. The third kappa shape index (κ3) is 6.30. The SMILES string of the molecule is CC1(C)CCC(C)(C)c2cc(-c3ccc(-n4c5ccccc5c5cc(N(c6ccc(-c7ccccc7)cc6)c6ccc(-c7ccccc7)cc6)ccc54)cc3)ccc21. The summed E-state index contributed by atoms with van der Waals surface area (Å²) >= 11 is 0. The van der Waals surface area contributed by atoms with E-state index >= 15 is 0 Å². The van der Waals surface area contributed by atoms with E-state index in [1.54, 1.807) is 0 Å². The highest BCUT2D eigenvalue weighted by atomic mass is 15.1. The monoisotopic (exact) mass is 748 g/mol. The van der Waals surface area contributed by atoms with Crippen molar-refractivity contribution in [3.05, 3.63) is 205 Å². The lowest BCUT2D eigenvalue weighted by atomic mass is 9.63. The van der Waals surface area contributed by atoms with Crippen molar-refractivity contribution in [3.63, 3.8) is 0 Å². The summed E-state index contributed by atoms with van der Waals surface area (Å²) in [6.07, 6.45) is 2.44. The molecule has 2 heteroatoms. The molecule has 282 valence electrons. The van der Waals surface area contributed by atoms with Gasteiger partial charge in [0.25, 0.3) is 0 Å². The molecule has 1 aromatic heterocycles. The molecular formula is C56H48N2. The summed E-state index contributed by atoms with van der Waals surface area (Å²) in [4.78, 5) is 2.38. The molecule has 1 aliphatic rings. The number of hydrogen-bond donors (Lipinski definition) is 0. The maximum Gasteiger partial charge on any atom is 0.0542 e. The van der Waals surface area contributed by atoms with Crippen LogP contribution >= 0.6 is 0 Å². The first-order valence-electron chi connectivity index (χ1n) is 20.6. The van der Waals surface area contributed by atoms with E-state index in [1.807, 2.05) is 0 Å². The summed E-state index contributed by atoms with van der Waals surface area (Å²) in [5.74, 6) is 0. The Morgan fingerprint density at radius 3 is 1.41 bits per heavy atom. The van der Waals surface area contributed by atoms with E-state index < -0.39 is 0 Å². The molecule has 0 unspecified atom stereocenters. The summed E-state index contributed by atoms with van der Waals surface area (Å²) in [7, 11) is 0. The van der Waals surface area contributed by atoms with Gasteiger partial charge in [-0.05, 0) is 129 Å². The van der Waals surface area contributed by atoms with Gasteiger partial charge in [0.15, 0.2) is 0 Å². The van der Waals surface area contributed by atoms with Gasteiger partial charge in [0.2, 0.25) is 0 Å². The average molecular weight is 749 g/mol. The second-order valence-electron chi connectivity index (χ2n) is 17.3. The van der Waals surface area contributed by atoms with Crippen LogP contribution in [0.5, 0.6) is 0 Å². The van der Waals surface area contributed by atoms with Gasteiger partial charge in [0.1, 0.15) is 0 Å². The highest BCUT2D eigenvalue weighted by Crippen LogP contribution is 2.47. The van der Waals surface area contributed by atoms with Crippen LogP contribution in [-0.2, 0) is 10.8 Å². The van der Waals surface area contributed by atoms with Crippen LogP contribution in [0.2, 0.25) is 0 Å². The van der Waals surface area contributed by atoms with Crippen LogP contribution < -0.4 is 4.90 Å². The smallest absolute Gasteiger partial charge is 0.0542 e. The van der Waals surface area contributed by atoms with E-state index in [0.717, 1.165) is 22.7 Å².